The van der Waals surface area contributed by atoms with Crippen LogP contribution in [-0.2, 0) is 12.0 Å². The van der Waals surface area contributed by atoms with Gasteiger partial charge in [-0.05, 0) is 16.5 Å². The third kappa shape index (κ3) is 4.15. The Kier molecular flexibility index (Phi) is 5.18. The quantitative estimate of drug-likeness (QED) is 0.498. The van der Waals surface area contributed by atoms with Crippen LogP contribution in [0.25, 0.3) is 0 Å². The van der Waals surface area contributed by atoms with Crippen LogP contribution in [-0.4, -0.2) is 30.8 Å². The first-order valence-electron chi connectivity index (χ1n) is 6.03. The minimum absolute atomic E-state index is 0.0556. The first kappa shape index (κ1) is 14.2. The van der Waals surface area contributed by atoms with Gasteiger partial charge >= 0.3 is 0 Å². The van der Waals surface area contributed by atoms with Gasteiger partial charge in [0.2, 0.25) is 7.41 Å². The van der Waals surface area contributed by atoms with E-state index in [1.807, 2.05) is 0 Å². The largest absolute Gasteiger partial charge is 0.395 e. The lowest BCUT2D eigenvalue weighted by molar-refractivity contribution is 0.282. The molecule has 0 aliphatic heterocycles. The molecule has 1 aromatic rings. The number of aliphatic hydroxyl groups is 2. The Morgan fingerprint density at radius 3 is 2.47 bits per heavy atom. The van der Waals surface area contributed by atoms with Crippen molar-refractivity contribution in [2.24, 2.45) is 0 Å². The van der Waals surface area contributed by atoms with E-state index in [0.29, 0.717) is 14.0 Å². The van der Waals surface area contributed by atoms with Gasteiger partial charge in [0.05, 0.1) is 13.2 Å². The summed E-state index contributed by atoms with van der Waals surface area (Å²) in [5.74, 6) is 0. The van der Waals surface area contributed by atoms with Crippen LogP contribution in [0.1, 0.15) is 31.9 Å². The van der Waals surface area contributed by atoms with E-state index in [2.05, 4.69) is 44.2 Å². The molecule has 0 radical (unpaired) electrons. The average Bonchev–Trinajstić information content (AvgIpc) is 2.28. The van der Waals surface area contributed by atoms with Crippen LogP contribution in [0.5, 0.6) is 0 Å². The number of rotatable bonds is 5. The van der Waals surface area contributed by atoms with Gasteiger partial charge in [-0.1, -0.05) is 44.4 Å². The normalized spacial score (nSPS) is 11.6. The number of benzene rings is 1. The van der Waals surface area contributed by atoms with Crippen molar-refractivity contribution in [3.8, 4) is 0 Å². The molecule has 0 heterocycles. The summed E-state index contributed by atoms with van der Waals surface area (Å²) >= 11 is 0. The Morgan fingerprint density at radius 2 is 1.94 bits per heavy atom. The third-order valence-electron chi connectivity index (χ3n) is 2.85. The molecule has 0 atom stereocenters. The highest BCUT2D eigenvalue weighted by molar-refractivity contribution is 6.51. The topological polar surface area (TPSA) is 52.5 Å². The fraction of sp³-hybridized carbons (Fsp3) is 0.538. The Hall–Kier alpha value is -0.835. The summed E-state index contributed by atoms with van der Waals surface area (Å²) in [6, 6.07) is 6.22. The first-order valence-corrected chi connectivity index (χ1v) is 6.03. The summed E-state index contributed by atoms with van der Waals surface area (Å²) in [5.41, 5.74) is 3.38. The Morgan fingerprint density at radius 1 is 1.24 bits per heavy atom. The van der Waals surface area contributed by atoms with Crippen molar-refractivity contribution < 1.29 is 10.2 Å². The van der Waals surface area contributed by atoms with Crippen LogP contribution in [0.15, 0.2) is 18.2 Å². The molecule has 0 fully saturated rings. The second-order valence-corrected chi connectivity index (χ2v) is 5.29. The molecule has 0 saturated carbocycles. The maximum atomic E-state index is 9.39. The predicted molar refractivity (Wildman–Crippen MR) is 72.9 cm³/mol. The Labute approximate surface area is 104 Å². The molecule has 0 spiro atoms. The lowest BCUT2D eigenvalue weighted by Gasteiger charge is -2.21. The van der Waals surface area contributed by atoms with Crippen LogP contribution in [0.2, 0.25) is 0 Å². The Balaban J connectivity index is 2.86. The van der Waals surface area contributed by atoms with Gasteiger partial charge in [-0.25, -0.2) is 0 Å². The highest BCUT2D eigenvalue weighted by Crippen LogP contribution is 2.22. The molecule has 3 nitrogen and oxygen atoms in total. The van der Waals surface area contributed by atoms with E-state index in [1.165, 1.54) is 5.56 Å². The summed E-state index contributed by atoms with van der Waals surface area (Å²) in [4.78, 5) is 0. The molecule has 4 heteroatoms. The fourth-order valence-electron chi connectivity index (χ4n) is 1.71. The predicted octanol–water partition coefficient (Wildman–Crippen LogP) is 0.0351. The minimum Gasteiger partial charge on any atom is -0.395 e. The minimum atomic E-state index is 0.0556. The van der Waals surface area contributed by atoms with Gasteiger partial charge in [0.15, 0.2) is 0 Å². The maximum absolute atomic E-state index is 9.39. The standard InChI is InChI=1S/C13H22BNO2/c1-13(2,3)11-4-5-12(10(8-11)9-17)14-15-6-7-16/h4-5,8,14-17H,6-7,9H2,1-3H3. The molecule has 0 aliphatic carbocycles. The molecule has 17 heavy (non-hydrogen) atoms. The van der Waals surface area contributed by atoms with Crippen molar-refractivity contribution in [3.63, 3.8) is 0 Å². The van der Waals surface area contributed by atoms with Crippen molar-refractivity contribution in [1.29, 1.82) is 0 Å². The van der Waals surface area contributed by atoms with Crippen LogP contribution in [0.4, 0.5) is 0 Å². The first-order chi connectivity index (χ1) is 7.99. The summed E-state index contributed by atoms with van der Waals surface area (Å²) in [7, 11) is 0.681. The maximum Gasteiger partial charge on any atom is 0.236 e. The number of hydrogen-bond acceptors (Lipinski definition) is 3. The van der Waals surface area contributed by atoms with Crippen molar-refractivity contribution in [3.05, 3.63) is 29.3 Å². The summed E-state index contributed by atoms with van der Waals surface area (Å²) in [6.45, 7) is 7.24. The van der Waals surface area contributed by atoms with Gasteiger partial charge in [-0.2, -0.15) is 0 Å². The van der Waals surface area contributed by atoms with Crippen molar-refractivity contribution in [2.45, 2.75) is 32.8 Å². The lowest BCUT2D eigenvalue weighted by Crippen LogP contribution is -2.35. The van der Waals surface area contributed by atoms with E-state index >= 15 is 0 Å². The lowest BCUT2D eigenvalue weighted by atomic mass is 9.76. The Bertz CT molecular complexity index is 361. The molecule has 0 unspecified atom stereocenters. The molecule has 0 aromatic heterocycles. The highest BCUT2D eigenvalue weighted by atomic mass is 16.3. The fourth-order valence-corrected chi connectivity index (χ4v) is 1.71. The summed E-state index contributed by atoms with van der Waals surface area (Å²) in [5, 5.41) is 21.2. The van der Waals surface area contributed by atoms with E-state index in [0.717, 1.165) is 11.0 Å². The van der Waals surface area contributed by atoms with E-state index in [1.54, 1.807) is 0 Å². The molecule has 94 valence electrons. The molecule has 0 bridgehead atoms. The van der Waals surface area contributed by atoms with Gasteiger partial charge in [-0.15, -0.1) is 0 Å². The highest BCUT2D eigenvalue weighted by Gasteiger charge is 2.15. The number of nitrogens with one attached hydrogen (secondary N) is 1. The molecule has 3 N–H and O–H groups in total. The summed E-state index contributed by atoms with van der Waals surface area (Å²) < 4.78 is 0. The van der Waals surface area contributed by atoms with Crippen LogP contribution in [0.3, 0.4) is 0 Å². The molecule has 0 aliphatic rings. The number of hydrogen-bond donors (Lipinski definition) is 3. The molecular weight excluding hydrogens is 213 g/mol. The second kappa shape index (κ2) is 6.19. The smallest absolute Gasteiger partial charge is 0.236 e. The van der Waals surface area contributed by atoms with Gasteiger partial charge in [0, 0.05) is 6.54 Å². The molecule has 0 amide bonds. The zero-order valence-electron chi connectivity index (χ0n) is 11.0. The molecule has 1 aromatic carbocycles. The van der Waals surface area contributed by atoms with E-state index in [4.69, 9.17) is 5.11 Å². The monoisotopic (exact) mass is 235 g/mol. The van der Waals surface area contributed by atoms with Gasteiger partial charge < -0.3 is 15.4 Å². The second-order valence-electron chi connectivity index (χ2n) is 5.29. The third-order valence-corrected chi connectivity index (χ3v) is 2.85. The van der Waals surface area contributed by atoms with Gasteiger partial charge in [-0.3, -0.25) is 0 Å². The molecular formula is C13H22BNO2. The zero-order valence-corrected chi connectivity index (χ0v) is 11.0. The average molecular weight is 235 g/mol. The van der Waals surface area contributed by atoms with Gasteiger partial charge in [0.1, 0.15) is 0 Å². The van der Waals surface area contributed by atoms with Crippen LogP contribution >= 0.6 is 0 Å². The van der Waals surface area contributed by atoms with Crippen LogP contribution < -0.4 is 10.7 Å². The molecule has 1 rings (SSSR count). The number of aliphatic hydroxyl groups excluding tert-OH is 2. The van der Waals surface area contributed by atoms with Crippen molar-refractivity contribution in [2.75, 3.05) is 13.2 Å². The zero-order chi connectivity index (χ0) is 12.9. The van der Waals surface area contributed by atoms with E-state index < -0.39 is 0 Å². The van der Waals surface area contributed by atoms with E-state index in [9.17, 15) is 5.11 Å². The molecule has 0 saturated heterocycles. The van der Waals surface area contributed by atoms with Crippen molar-refractivity contribution in [1.82, 2.24) is 5.23 Å². The van der Waals surface area contributed by atoms with Gasteiger partial charge in [0.25, 0.3) is 0 Å². The van der Waals surface area contributed by atoms with Crippen molar-refractivity contribution >= 4 is 12.9 Å². The summed E-state index contributed by atoms with van der Waals surface area (Å²) in [6.07, 6.45) is 0. The van der Waals surface area contributed by atoms with E-state index in [-0.39, 0.29) is 18.6 Å². The SMILES string of the molecule is CC(C)(C)c1ccc(BNCCO)c(CO)c1. The van der Waals surface area contributed by atoms with Crippen LogP contribution in [0, 0.1) is 0 Å².